The predicted molar refractivity (Wildman–Crippen MR) is 67.3 cm³/mol. The zero-order chi connectivity index (χ0) is 14.9. The second-order valence-corrected chi connectivity index (χ2v) is 5.64. The molecule has 2 aliphatic rings. The smallest absolute Gasteiger partial charge is 0.307 e. The van der Waals surface area contributed by atoms with Gasteiger partial charge in [0.25, 0.3) is 0 Å². The minimum absolute atomic E-state index is 0.175. The fraction of sp³-hybridized carbons (Fsp3) is 0.692. The fourth-order valence-corrected chi connectivity index (χ4v) is 2.96. The molecule has 0 radical (unpaired) electrons. The van der Waals surface area contributed by atoms with Crippen LogP contribution in [0.5, 0.6) is 0 Å². The molecule has 3 amide bonds. The summed E-state index contributed by atoms with van der Waals surface area (Å²) >= 11 is 0. The van der Waals surface area contributed by atoms with Gasteiger partial charge in [0, 0.05) is 6.42 Å². The van der Waals surface area contributed by atoms with E-state index in [9.17, 15) is 19.2 Å². The molecule has 0 aromatic heterocycles. The molecule has 1 saturated carbocycles. The van der Waals surface area contributed by atoms with Crippen LogP contribution in [0.15, 0.2) is 0 Å². The summed E-state index contributed by atoms with van der Waals surface area (Å²) in [6.45, 7) is 1.91. The number of carbonyl (C=O) groups excluding carboxylic acids is 3. The first-order valence-corrected chi connectivity index (χ1v) is 6.75. The van der Waals surface area contributed by atoms with Crippen LogP contribution in [0, 0.1) is 17.8 Å². The topological polar surface area (TPSA) is 113 Å². The molecule has 0 aromatic carbocycles. The zero-order valence-electron chi connectivity index (χ0n) is 11.2. The maximum absolute atomic E-state index is 12.2. The molecule has 2 fully saturated rings. The minimum Gasteiger partial charge on any atom is -0.481 e. The third-order valence-corrected chi connectivity index (χ3v) is 4.01. The molecule has 0 aromatic rings. The van der Waals surface area contributed by atoms with Crippen LogP contribution in [0.1, 0.15) is 32.6 Å². The van der Waals surface area contributed by atoms with Gasteiger partial charge in [0.2, 0.25) is 17.7 Å². The van der Waals surface area contributed by atoms with Crippen LogP contribution in [-0.2, 0) is 19.2 Å². The van der Waals surface area contributed by atoms with Crippen LogP contribution < -0.4 is 10.6 Å². The molecule has 20 heavy (non-hydrogen) atoms. The van der Waals surface area contributed by atoms with E-state index in [4.69, 9.17) is 5.11 Å². The molecule has 0 spiro atoms. The highest BCUT2D eigenvalue weighted by molar-refractivity contribution is 6.02. The number of hydrogen-bond acceptors (Lipinski definition) is 4. The van der Waals surface area contributed by atoms with Crippen LogP contribution in [0.4, 0.5) is 0 Å². The average molecular weight is 282 g/mol. The number of nitrogens with one attached hydrogen (secondary N) is 2. The first kappa shape index (κ1) is 14.5. The Bertz CT molecular complexity index is 462. The molecule has 3 N–H and O–H groups in total. The number of piperidine rings is 1. The van der Waals surface area contributed by atoms with Gasteiger partial charge in [-0.3, -0.25) is 24.5 Å². The lowest BCUT2D eigenvalue weighted by Crippen LogP contribution is -2.53. The van der Waals surface area contributed by atoms with E-state index in [1.807, 2.05) is 6.92 Å². The van der Waals surface area contributed by atoms with Crippen LogP contribution >= 0.6 is 0 Å². The van der Waals surface area contributed by atoms with Crippen molar-refractivity contribution >= 4 is 23.7 Å². The van der Waals surface area contributed by atoms with E-state index in [1.165, 1.54) is 0 Å². The standard InChI is InChI=1S/C13H18N2O5/c1-6-4-7(8(5-6)13(19)20)11(17)14-9-2-3-10(16)15-12(9)18/h6-9H,2-5H2,1H3,(H,14,17)(H,19,20)(H,15,16,18). The van der Waals surface area contributed by atoms with Crippen molar-refractivity contribution in [3.05, 3.63) is 0 Å². The molecule has 7 heteroatoms. The molecule has 1 saturated heterocycles. The van der Waals surface area contributed by atoms with Crippen LogP contribution in [0.2, 0.25) is 0 Å². The number of aliphatic carboxylic acids is 1. The number of carboxylic acids is 1. The van der Waals surface area contributed by atoms with Gasteiger partial charge in [-0.15, -0.1) is 0 Å². The van der Waals surface area contributed by atoms with Crippen molar-refractivity contribution in [3.8, 4) is 0 Å². The zero-order valence-corrected chi connectivity index (χ0v) is 11.2. The molecule has 110 valence electrons. The van der Waals surface area contributed by atoms with Crippen LogP contribution in [0.3, 0.4) is 0 Å². The predicted octanol–water partition coefficient (Wildman–Crippen LogP) is -0.345. The van der Waals surface area contributed by atoms with E-state index < -0.39 is 35.7 Å². The fourth-order valence-electron chi connectivity index (χ4n) is 2.96. The van der Waals surface area contributed by atoms with Crippen molar-refractivity contribution in [3.63, 3.8) is 0 Å². The van der Waals surface area contributed by atoms with E-state index in [0.717, 1.165) is 0 Å². The van der Waals surface area contributed by atoms with Gasteiger partial charge < -0.3 is 10.4 Å². The lowest BCUT2D eigenvalue weighted by molar-refractivity contribution is -0.146. The molecule has 7 nitrogen and oxygen atoms in total. The van der Waals surface area contributed by atoms with Crippen molar-refractivity contribution in [2.45, 2.75) is 38.6 Å². The van der Waals surface area contributed by atoms with Gasteiger partial charge in [0.05, 0.1) is 11.8 Å². The SMILES string of the molecule is CC1CC(C(=O)O)C(C(=O)NC2CCC(=O)NC2=O)C1. The maximum Gasteiger partial charge on any atom is 0.307 e. The normalized spacial score (nSPS) is 33.6. The number of imide groups is 1. The number of amides is 3. The third-order valence-electron chi connectivity index (χ3n) is 4.01. The maximum atomic E-state index is 12.2. The summed E-state index contributed by atoms with van der Waals surface area (Å²) in [5, 5.41) is 13.9. The Morgan fingerprint density at radius 2 is 1.90 bits per heavy atom. The van der Waals surface area contributed by atoms with E-state index in [0.29, 0.717) is 12.8 Å². The Balaban J connectivity index is 1.99. The van der Waals surface area contributed by atoms with Gasteiger partial charge in [-0.1, -0.05) is 6.92 Å². The third kappa shape index (κ3) is 2.97. The first-order valence-electron chi connectivity index (χ1n) is 6.75. The summed E-state index contributed by atoms with van der Waals surface area (Å²) in [6.07, 6.45) is 1.43. The molecule has 4 atom stereocenters. The second-order valence-electron chi connectivity index (χ2n) is 5.64. The molecule has 1 aliphatic carbocycles. The quantitative estimate of drug-likeness (QED) is 0.613. The van der Waals surface area contributed by atoms with Crippen molar-refractivity contribution in [1.82, 2.24) is 10.6 Å². The van der Waals surface area contributed by atoms with E-state index in [-0.39, 0.29) is 24.7 Å². The second kappa shape index (κ2) is 5.60. The summed E-state index contributed by atoms with van der Waals surface area (Å²) in [5.41, 5.74) is 0. The highest BCUT2D eigenvalue weighted by Gasteiger charge is 2.42. The van der Waals surface area contributed by atoms with Gasteiger partial charge in [-0.25, -0.2) is 0 Å². The van der Waals surface area contributed by atoms with Crippen LogP contribution in [-0.4, -0.2) is 34.8 Å². The summed E-state index contributed by atoms with van der Waals surface area (Å²) in [5.74, 6) is -3.38. The van der Waals surface area contributed by atoms with Crippen molar-refractivity contribution in [1.29, 1.82) is 0 Å². The average Bonchev–Trinajstić information content (AvgIpc) is 2.75. The van der Waals surface area contributed by atoms with Gasteiger partial charge in [-0.05, 0) is 25.2 Å². The molecule has 4 unspecified atom stereocenters. The number of carbonyl (C=O) groups is 4. The van der Waals surface area contributed by atoms with E-state index >= 15 is 0 Å². The number of carboxylic acid groups (broad SMARTS) is 1. The first-order chi connectivity index (χ1) is 9.38. The van der Waals surface area contributed by atoms with Gasteiger partial charge in [-0.2, -0.15) is 0 Å². The van der Waals surface area contributed by atoms with Crippen molar-refractivity contribution < 1.29 is 24.3 Å². The van der Waals surface area contributed by atoms with Gasteiger partial charge in [0.15, 0.2) is 0 Å². The number of hydrogen-bond donors (Lipinski definition) is 3. The molecule has 0 bridgehead atoms. The highest BCUT2D eigenvalue weighted by Crippen LogP contribution is 2.36. The van der Waals surface area contributed by atoms with Crippen molar-refractivity contribution in [2.75, 3.05) is 0 Å². The Morgan fingerprint density at radius 1 is 1.25 bits per heavy atom. The molecule has 1 aliphatic heterocycles. The Labute approximate surface area is 116 Å². The summed E-state index contributed by atoms with van der Waals surface area (Å²) in [6, 6.07) is -0.745. The Morgan fingerprint density at radius 3 is 2.50 bits per heavy atom. The van der Waals surface area contributed by atoms with Gasteiger partial charge in [0.1, 0.15) is 6.04 Å². The molecule has 2 rings (SSSR count). The molecular formula is C13H18N2O5. The van der Waals surface area contributed by atoms with Crippen LogP contribution in [0.25, 0.3) is 0 Å². The summed E-state index contributed by atoms with van der Waals surface area (Å²) in [4.78, 5) is 45.9. The Hall–Kier alpha value is -1.92. The number of rotatable bonds is 3. The molecule has 1 heterocycles. The van der Waals surface area contributed by atoms with E-state index in [2.05, 4.69) is 10.6 Å². The lowest BCUT2D eigenvalue weighted by atomic mass is 9.94. The van der Waals surface area contributed by atoms with E-state index in [1.54, 1.807) is 0 Å². The molecular weight excluding hydrogens is 264 g/mol. The lowest BCUT2D eigenvalue weighted by Gasteiger charge is -2.24. The highest BCUT2D eigenvalue weighted by atomic mass is 16.4. The minimum atomic E-state index is -0.974. The summed E-state index contributed by atoms with van der Waals surface area (Å²) in [7, 11) is 0. The monoisotopic (exact) mass is 282 g/mol. The summed E-state index contributed by atoms with van der Waals surface area (Å²) < 4.78 is 0. The van der Waals surface area contributed by atoms with Gasteiger partial charge >= 0.3 is 5.97 Å². The van der Waals surface area contributed by atoms with Crippen molar-refractivity contribution in [2.24, 2.45) is 17.8 Å². The Kier molecular flexibility index (Phi) is 4.06. The largest absolute Gasteiger partial charge is 0.481 e.